The molecule has 2 nitrogen and oxygen atoms in total. The third-order valence-corrected chi connectivity index (χ3v) is 1.91. The molecule has 57 valence electrons. The lowest BCUT2D eigenvalue weighted by Crippen LogP contribution is -1.95. The predicted molar refractivity (Wildman–Crippen MR) is 40.1 cm³/mol. The van der Waals surface area contributed by atoms with Crippen LogP contribution < -0.4 is 4.74 Å². The largest absolute Gasteiger partial charge is 0.490 e. The van der Waals surface area contributed by atoms with Gasteiger partial charge in [-0.2, -0.15) is 0 Å². The Morgan fingerprint density at radius 3 is 3.18 bits per heavy atom. The van der Waals surface area contributed by atoms with Gasteiger partial charge in [0, 0.05) is 5.56 Å². The molecule has 1 radical (unpaired) electrons. The summed E-state index contributed by atoms with van der Waals surface area (Å²) in [6.45, 7) is 2.28. The van der Waals surface area contributed by atoms with Gasteiger partial charge in [0.2, 0.25) is 0 Å². The Morgan fingerprint density at radius 1 is 1.55 bits per heavy atom. The standard InChI is InChI=1S/C9H9O2/c1-6-2-3-7-8(10)5-11-9(7)4-6/h2-4,8H,5H2,1H3. The van der Waals surface area contributed by atoms with Crippen LogP contribution in [0.2, 0.25) is 0 Å². The van der Waals surface area contributed by atoms with Gasteiger partial charge in [-0.1, -0.05) is 12.1 Å². The van der Waals surface area contributed by atoms with E-state index >= 15 is 0 Å². The first kappa shape index (κ1) is 6.68. The first-order chi connectivity index (χ1) is 5.27. The van der Waals surface area contributed by atoms with Crippen LogP contribution in [-0.2, 0) is 5.11 Å². The quantitative estimate of drug-likeness (QED) is 0.553. The normalized spacial score (nSPS) is 21.1. The van der Waals surface area contributed by atoms with Gasteiger partial charge in [0.1, 0.15) is 12.4 Å². The van der Waals surface area contributed by atoms with E-state index in [1.165, 1.54) is 0 Å². The molecule has 0 aliphatic carbocycles. The van der Waals surface area contributed by atoms with Gasteiger partial charge in [-0.15, -0.1) is 0 Å². The summed E-state index contributed by atoms with van der Waals surface area (Å²) >= 11 is 0. The minimum atomic E-state index is -0.675. The molecule has 1 aromatic rings. The fourth-order valence-electron chi connectivity index (χ4n) is 1.29. The van der Waals surface area contributed by atoms with Gasteiger partial charge in [0.25, 0.3) is 0 Å². The third kappa shape index (κ3) is 0.994. The van der Waals surface area contributed by atoms with Crippen molar-refractivity contribution in [2.24, 2.45) is 0 Å². The molecule has 0 saturated heterocycles. The Labute approximate surface area is 65.4 Å². The summed E-state index contributed by atoms with van der Waals surface area (Å²) in [5, 5.41) is 11.1. The monoisotopic (exact) mass is 149 g/mol. The lowest BCUT2D eigenvalue weighted by atomic mass is 10.1. The van der Waals surface area contributed by atoms with Crippen molar-refractivity contribution in [2.75, 3.05) is 6.61 Å². The zero-order chi connectivity index (χ0) is 7.84. The highest BCUT2D eigenvalue weighted by Crippen LogP contribution is 2.32. The van der Waals surface area contributed by atoms with Crippen molar-refractivity contribution in [3.05, 3.63) is 29.3 Å². The molecule has 1 heterocycles. The van der Waals surface area contributed by atoms with Gasteiger partial charge in [0.15, 0.2) is 6.10 Å². The summed E-state index contributed by atoms with van der Waals surface area (Å²) in [5.41, 5.74) is 1.94. The van der Waals surface area contributed by atoms with Gasteiger partial charge < -0.3 is 4.74 Å². The van der Waals surface area contributed by atoms with Crippen molar-refractivity contribution in [3.8, 4) is 5.75 Å². The second-order valence-corrected chi connectivity index (χ2v) is 2.84. The maximum atomic E-state index is 11.1. The predicted octanol–water partition coefficient (Wildman–Crippen LogP) is 1.86. The number of ether oxygens (including phenoxy) is 1. The van der Waals surface area contributed by atoms with Gasteiger partial charge in [-0.05, 0) is 18.6 Å². The number of hydrogen-bond donors (Lipinski definition) is 0. The first-order valence-electron chi connectivity index (χ1n) is 3.66. The first-order valence-corrected chi connectivity index (χ1v) is 3.66. The van der Waals surface area contributed by atoms with Gasteiger partial charge in [-0.25, -0.2) is 5.11 Å². The molecule has 1 aromatic carbocycles. The van der Waals surface area contributed by atoms with Crippen LogP contribution in [0.1, 0.15) is 17.2 Å². The number of fused-ring (bicyclic) bond motifs is 1. The molecular formula is C9H9O2. The number of hydrogen-bond acceptors (Lipinski definition) is 1. The Hall–Kier alpha value is -1.02. The van der Waals surface area contributed by atoms with E-state index in [1.807, 2.05) is 25.1 Å². The molecule has 0 bridgehead atoms. The topological polar surface area (TPSA) is 29.1 Å². The van der Waals surface area contributed by atoms with Crippen LogP contribution in [0.15, 0.2) is 18.2 Å². The summed E-state index contributed by atoms with van der Waals surface area (Å²) in [6, 6.07) is 5.71. The fraction of sp³-hybridized carbons (Fsp3) is 0.333. The van der Waals surface area contributed by atoms with E-state index in [2.05, 4.69) is 0 Å². The van der Waals surface area contributed by atoms with Crippen LogP contribution in [0.3, 0.4) is 0 Å². The smallest absolute Gasteiger partial charge is 0.155 e. The molecule has 1 atom stereocenters. The summed E-state index contributed by atoms with van der Waals surface area (Å²) in [5.74, 6) is 0.769. The highest BCUT2D eigenvalue weighted by Gasteiger charge is 2.22. The summed E-state index contributed by atoms with van der Waals surface area (Å²) in [6.07, 6.45) is -0.675. The minimum Gasteiger partial charge on any atom is -0.490 e. The minimum absolute atomic E-state index is 0.290. The van der Waals surface area contributed by atoms with Crippen LogP contribution in [-0.4, -0.2) is 6.61 Å². The second-order valence-electron chi connectivity index (χ2n) is 2.84. The van der Waals surface area contributed by atoms with Crippen molar-refractivity contribution in [1.29, 1.82) is 0 Å². The fourth-order valence-corrected chi connectivity index (χ4v) is 1.29. The third-order valence-electron chi connectivity index (χ3n) is 1.91. The van der Waals surface area contributed by atoms with Crippen LogP contribution in [0, 0.1) is 6.92 Å². The van der Waals surface area contributed by atoms with Crippen LogP contribution in [0.5, 0.6) is 5.75 Å². The molecule has 2 rings (SSSR count). The maximum absolute atomic E-state index is 11.1. The van der Waals surface area contributed by atoms with E-state index in [-0.39, 0.29) is 0 Å². The molecule has 1 aliphatic heterocycles. The Kier molecular flexibility index (Phi) is 1.36. The van der Waals surface area contributed by atoms with E-state index in [1.54, 1.807) is 0 Å². The van der Waals surface area contributed by atoms with Gasteiger partial charge in [0.05, 0.1) is 0 Å². The van der Waals surface area contributed by atoms with E-state index in [9.17, 15) is 5.11 Å². The Balaban J connectivity index is 2.50. The average molecular weight is 149 g/mol. The van der Waals surface area contributed by atoms with Crippen LogP contribution in [0.4, 0.5) is 0 Å². The molecule has 0 fully saturated rings. The molecule has 0 amide bonds. The molecule has 0 spiro atoms. The molecule has 0 aromatic heterocycles. The molecule has 11 heavy (non-hydrogen) atoms. The molecule has 0 N–H and O–H groups in total. The van der Waals surface area contributed by atoms with E-state index in [4.69, 9.17) is 4.74 Å². The van der Waals surface area contributed by atoms with Gasteiger partial charge >= 0.3 is 0 Å². The molecule has 2 heteroatoms. The average Bonchev–Trinajstić information content (AvgIpc) is 2.32. The highest BCUT2D eigenvalue weighted by molar-refractivity contribution is 5.41. The van der Waals surface area contributed by atoms with Crippen molar-refractivity contribution in [1.82, 2.24) is 0 Å². The SMILES string of the molecule is Cc1ccc2c(c1)OCC2[O]. The second kappa shape index (κ2) is 2.24. The Bertz CT molecular complexity index is 281. The van der Waals surface area contributed by atoms with E-state index in [0.29, 0.717) is 6.61 Å². The highest BCUT2D eigenvalue weighted by atomic mass is 16.5. The Morgan fingerprint density at radius 2 is 2.36 bits per heavy atom. The summed E-state index contributed by atoms with van der Waals surface area (Å²) in [4.78, 5) is 0. The van der Waals surface area contributed by atoms with E-state index in [0.717, 1.165) is 16.9 Å². The molecule has 0 saturated carbocycles. The molecule has 1 unspecified atom stereocenters. The summed E-state index contributed by atoms with van der Waals surface area (Å²) in [7, 11) is 0. The van der Waals surface area contributed by atoms with Crippen molar-refractivity contribution in [3.63, 3.8) is 0 Å². The van der Waals surface area contributed by atoms with Crippen molar-refractivity contribution in [2.45, 2.75) is 13.0 Å². The van der Waals surface area contributed by atoms with Gasteiger partial charge in [-0.3, -0.25) is 0 Å². The lowest BCUT2D eigenvalue weighted by molar-refractivity contribution is 0.0678. The zero-order valence-corrected chi connectivity index (χ0v) is 6.33. The lowest BCUT2D eigenvalue weighted by Gasteiger charge is -1.98. The molecule has 1 aliphatic rings. The van der Waals surface area contributed by atoms with Crippen LogP contribution >= 0.6 is 0 Å². The molecular weight excluding hydrogens is 140 g/mol. The number of aryl methyl sites for hydroxylation is 1. The van der Waals surface area contributed by atoms with Crippen molar-refractivity contribution >= 4 is 0 Å². The van der Waals surface area contributed by atoms with Crippen LogP contribution in [0.25, 0.3) is 0 Å². The number of benzene rings is 1. The zero-order valence-electron chi connectivity index (χ0n) is 6.33. The van der Waals surface area contributed by atoms with E-state index < -0.39 is 6.10 Å². The van der Waals surface area contributed by atoms with Crippen molar-refractivity contribution < 1.29 is 9.84 Å². The number of rotatable bonds is 0. The maximum Gasteiger partial charge on any atom is 0.155 e. The summed E-state index contributed by atoms with van der Waals surface area (Å²) < 4.78 is 5.18.